The van der Waals surface area contributed by atoms with Crippen LogP contribution in [0.3, 0.4) is 0 Å². The molecular weight excluding hydrogens is 343 g/mol. The van der Waals surface area contributed by atoms with Gasteiger partial charge in [-0.3, -0.25) is 9.69 Å². The molecule has 1 atom stereocenters. The third-order valence-electron chi connectivity index (χ3n) is 5.97. The minimum Gasteiger partial charge on any atom is -0.497 e. The summed E-state index contributed by atoms with van der Waals surface area (Å²) in [5, 5.41) is 3.27. The number of rotatable bonds is 4. The summed E-state index contributed by atoms with van der Waals surface area (Å²) in [5.74, 6) is 0.384. The van der Waals surface area contributed by atoms with Crippen LogP contribution in [0.5, 0.6) is 5.75 Å². The van der Waals surface area contributed by atoms with Crippen LogP contribution in [0.2, 0.25) is 0 Å². The average molecular weight is 368 g/mol. The second kappa shape index (κ2) is 7.31. The molecule has 5 heteroatoms. The van der Waals surface area contributed by atoms with Crippen LogP contribution in [-0.2, 0) is 11.3 Å². The van der Waals surface area contributed by atoms with E-state index in [9.17, 15) is 9.18 Å². The van der Waals surface area contributed by atoms with Gasteiger partial charge in [-0.05, 0) is 30.9 Å². The summed E-state index contributed by atoms with van der Waals surface area (Å²) in [5.41, 5.74) is 1.66. The Hall–Kier alpha value is -2.40. The molecule has 2 saturated heterocycles. The Labute approximate surface area is 159 Å². The molecule has 2 aliphatic heterocycles. The van der Waals surface area contributed by atoms with Crippen molar-refractivity contribution in [2.75, 3.05) is 20.2 Å². The average Bonchev–Trinajstić information content (AvgIpc) is 3.02. The number of methoxy groups -OCH3 is 1. The van der Waals surface area contributed by atoms with Gasteiger partial charge in [0.15, 0.2) is 0 Å². The molecule has 0 bridgehead atoms. The Morgan fingerprint density at radius 1 is 1.19 bits per heavy atom. The monoisotopic (exact) mass is 368 g/mol. The van der Waals surface area contributed by atoms with Gasteiger partial charge in [-0.1, -0.05) is 36.4 Å². The summed E-state index contributed by atoms with van der Waals surface area (Å²) in [7, 11) is 1.54. The van der Waals surface area contributed by atoms with Gasteiger partial charge in [0.25, 0.3) is 0 Å². The molecule has 2 aliphatic rings. The number of benzene rings is 2. The molecule has 0 radical (unpaired) electrons. The molecule has 4 nitrogen and oxygen atoms in total. The highest BCUT2D eigenvalue weighted by Crippen LogP contribution is 2.39. The normalized spacial score (nSPS) is 22.0. The summed E-state index contributed by atoms with van der Waals surface area (Å²) >= 11 is 0. The maximum atomic E-state index is 14.2. The summed E-state index contributed by atoms with van der Waals surface area (Å²) in [6, 6.07) is 15.0. The summed E-state index contributed by atoms with van der Waals surface area (Å²) in [6.07, 6.45) is 2.65. The standard InChI is InChI=1S/C22H25FN2O2/c1-27-18-8-7-17(20(23)13-18)15-25-11-9-22(10-12-25)14-19(21(26)24-22)16-5-3-2-4-6-16/h2-8,13,19H,9-12,14-15H2,1H3,(H,24,26)/t19-/m0/s1. The lowest BCUT2D eigenvalue weighted by Crippen LogP contribution is -2.50. The Morgan fingerprint density at radius 3 is 2.59 bits per heavy atom. The van der Waals surface area contributed by atoms with Crippen molar-refractivity contribution in [2.24, 2.45) is 0 Å². The molecule has 0 aromatic heterocycles. The van der Waals surface area contributed by atoms with Crippen LogP contribution < -0.4 is 10.1 Å². The SMILES string of the molecule is COc1ccc(CN2CCC3(CC2)C[C@@H](c2ccccc2)C(=O)N3)c(F)c1. The zero-order chi connectivity index (χ0) is 18.9. The van der Waals surface area contributed by atoms with Gasteiger partial charge < -0.3 is 10.1 Å². The minimum absolute atomic E-state index is 0.0585. The predicted molar refractivity (Wildman–Crippen MR) is 102 cm³/mol. The topological polar surface area (TPSA) is 41.6 Å². The third kappa shape index (κ3) is 3.69. The molecule has 0 saturated carbocycles. The smallest absolute Gasteiger partial charge is 0.228 e. The van der Waals surface area contributed by atoms with E-state index in [0.29, 0.717) is 17.9 Å². The van der Waals surface area contributed by atoms with Gasteiger partial charge >= 0.3 is 0 Å². The number of halogens is 1. The van der Waals surface area contributed by atoms with Crippen LogP contribution in [0, 0.1) is 5.82 Å². The van der Waals surface area contributed by atoms with Gasteiger partial charge in [0.1, 0.15) is 11.6 Å². The quantitative estimate of drug-likeness (QED) is 0.898. The van der Waals surface area contributed by atoms with Crippen LogP contribution >= 0.6 is 0 Å². The lowest BCUT2D eigenvalue weighted by atomic mass is 9.82. The Kier molecular flexibility index (Phi) is 4.87. The summed E-state index contributed by atoms with van der Waals surface area (Å²) in [6.45, 7) is 2.29. The molecule has 2 aromatic carbocycles. The molecule has 142 valence electrons. The van der Waals surface area contributed by atoms with E-state index in [2.05, 4.69) is 10.2 Å². The number of nitrogens with one attached hydrogen (secondary N) is 1. The highest BCUT2D eigenvalue weighted by Gasteiger charge is 2.46. The van der Waals surface area contributed by atoms with Crippen molar-refractivity contribution in [1.82, 2.24) is 10.2 Å². The van der Waals surface area contributed by atoms with Crippen molar-refractivity contribution in [3.63, 3.8) is 0 Å². The van der Waals surface area contributed by atoms with Gasteiger partial charge in [-0.2, -0.15) is 0 Å². The van der Waals surface area contributed by atoms with Crippen LogP contribution in [0.4, 0.5) is 4.39 Å². The number of carbonyl (C=O) groups is 1. The number of piperidine rings is 1. The first-order valence-electron chi connectivity index (χ1n) is 9.50. The van der Waals surface area contributed by atoms with Crippen LogP contribution in [0.1, 0.15) is 36.3 Å². The number of hydrogen-bond donors (Lipinski definition) is 1. The first-order chi connectivity index (χ1) is 13.1. The second-order valence-corrected chi connectivity index (χ2v) is 7.67. The maximum absolute atomic E-state index is 14.2. The van der Waals surface area contributed by atoms with Gasteiger partial charge in [-0.25, -0.2) is 4.39 Å². The lowest BCUT2D eigenvalue weighted by molar-refractivity contribution is -0.121. The van der Waals surface area contributed by atoms with E-state index >= 15 is 0 Å². The molecule has 2 heterocycles. The lowest BCUT2D eigenvalue weighted by Gasteiger charge is -2.39. The first-order valence-corrected chi connectivity index (χ1v) is 9.50. The molecular formula is C22H25FN2O2. The Bertz CT molecular complexity index is 816. The number of ether oxygens (including phenoxy) is 1. The minimum atomic E-state index is -0.229. The number of nitrogens with zero attached hydrogens (tertiary/aromatic N) is 1. The molecule has 0 aliphatic carbocycles. The summed E-state index contributed by atoms with van der Waals surface area (Å²) < 4.78 is 19.3. The van der Waals surface area contributed by atoms with Gasteiger partial charge in [0.2, 0.25) is 5.91 Å². The molecule has 27 heavy (non-hydrogen) atoms. The molecule has 0 unspecified atom stereocenters. The van der Waals surface area contributed by atoms with Crippen molar-refractivity contribution in [3.8, 4) is 5.75 Å². The van der Waals surface area contributed by atoms with E-state index in [4.69, 9.17) is 4.74 Å². The number of amides is 1. The Balaban J connectivity index is 1.38. The van der Waals surface area contributed by atoms with E-state index in [0.717, 1.165) is 37.9 Å². The number of carbonyl (C=O) groups excluding carboxylic acids is 1. The van der Waals surface area contributed by atoms with Gasteiger partial charge in [0.05, 0.1) is 13.0 Å². The van der Waals surface area contributed by atoms with Gasteiger partial charge in [0, 0.05) is 36.8 Å². The van der Waals surface area contributed by atoms with E-state index < -0.39 is 0 Å². The summed E-state index contributed by atoms with van der Waals surface area (Å²) in [4.78, 5) is 14.8. The van der Waals surface area contributed by atoms with Crippen LogP contribution in [0.15, 0.2) is 48.5 Å². The van der Waals surface area contributed by atoms with Crippen molar-refractivity contribution in [1.29, 1.82) is 0 Å². The first kappa shape index (κ1) is 18.0. The number of hydrogen-bond acceptors (Lipinski definition) is 3. The molecule has 1 spiro atoms. The molecule has 1 N–H and O–H groups in total. The third-order valence-corrected chi connectivity index (χ3v) is 5.97. The molecule has 4 rings (SSSR count). The molecule has 2 aromatic rings. The predicted octanol–water partition coefficient (Wildman–Crippen LogP) is 3.47. The van der Waals surface area contributed by atoms with Crippen molar-refractivity contribution < 1.29 is 13.9 Å². The zero-order valence-electron chi connectivity index (χ0n) is 15.6. The maximum Gasteiger partial charge on any atom is 0.228 e. The fourth-order valence-electron chi connectivity index (χ4n) is 4.33. The van der Waals surface area contributed by atoms with Crippen LogP contribution in [0.25, 0.3) is 0 Å². The van der Waals surface area contributed by atoms with Crippen molar-refractivity contribution >= 4 is 5.91 Å². The molecule has 2 fully saturated rings. The van der Waals surface area contributed by atoms with Crippen LogP contribution in [-0.4, -0.2) is 36.5 Å². The van der Waals surface area contributed by atoms with Gasteiger partial charge in [-0.15, -0.1) is 0 Å². The van der Waals surface area contributed by atoms with Crippen molar-refractivity contribution in [2.45, 2.75) is 37.3 Å². The largest absolute Gasteiger partial charge is 0.497 e. The molecule has 1 amide bonds. The highest BCUT2D eigenvalue weighted by molar-refractivity contribution is 5.87. The van der Waals surface area contributed by atoms with E-state index in [-0.39, 0.29) is 23.2 Å². The Morgan fingerprint density at radius 2 is 1.93 bits per heavy atom. The number of likely N-dealkylation sites (tertiary alicyclic amines) is 1. The van der Waals surface area contributed by atoms with Crippen molar-refractivity contribution in [3.05, 3.63) is 65.5 Å². The van der Waals surface area contributed by atoms with E-state index in [1.165, 1.54) is 13.2 Å². The highest BCUT2D eigenvalue weighted by atomic mass is 19.1. The van der Waals surface area contributed by atoms with E-state index in [1.807, 2.05) is 30.3 Å². The van der Waals surface area contributed by atoms with E-state index in [1.54, 1.807) is 12.1 Å². The fourth-order valence-corrected chi connectivity index (χ4v) is 4.33. The zero-order valence-corrected chi connectivity index (χ0v) is 15.6. The second-order valence-electron chi connectivity index (χ2n) is 7.67. The fraction of sp³-hybridized carbons (Fsp3) is 0.409.